The Labute approximate surface area is 122 Å². The van der Waals surface area contributed by atoms with Gasteiger partial charge in [-0.05, 0) is 31.5 Å². The lowest BCUT2D eigenvalue weighted by Gasteiger charge is -2.16. The molecule has 5 nitrogen and oxygen atoms in total. The van der Waals surface area contributed by atoms with Crippen molar-refractivity contribution in [2.24, 2.45) is 5.92 Å². The SMILES string of the molecule is CCC(CNC(=O)C(C)Oc1cccc(Cl)c1)C(=O)O. The van der Waals surface area contributed by atoms with Gasteiger partial charge in [-0.25, -0.2) is 0 Å². The van der Waals surface area contributed by atoms with E-state index in [1.807, 2.05) is 0 Å². The zero-order chi connectivity index (χ0) is 15.1. The number of hydrogen-bond donors (Lipinski definition) is 2. The third kappa shape index (κ3) is 5.09. The van der Waals surface area contributed by atoms with Crippen LogP contribution in [-0.2, 0) is 9.59 Å². The van der Waals surface area contributed by atoms with Gasteiger partial charge in [-0.2, -0.15) is 0 Å². The largest absolute Gasteiger partial charge is 0.481 e. The maximum atomic E-state index is 11.8. The Morgan fingerprint density at radius 1 is 1.45 bits per heavy atom. The first-order chi connectivity index (χ1) is 9.43. The van der Waals surface area contributed by atoms with Crippen LogP contribution in [0.1, 0.15) is 20.3 Å². The van der Waals surface area contributed by atoms with Gasteiger partial charge in [0.1, 0.15) is 5.75 Å². The quantitative estimate of drug-likeness (QED) is 0.810. The molecule has 6 heteroatoms. The van der Waals surface area contributed by atoms with E-state index < -0.39 is 18.0 Å². The molecule has 20 heavy (non-hydrogen) atoms. The van der Waals surface area contributed by atoms with Crippen LogP contribution in [-0.4, -0.2) is 29.6 Å². The van der Waals surface area contributed by atoms with Crippen molar-refractivity contribution in [1.82, 2.24) is 5.32 Å². The van der Waals surface area contributed by atoms with Gasteiger partial charge in [-0.3, -0.25) is 9.59 Å². The first-order valence-corrected chi connectivity index (χ1v) is 6.74. The van der Waals surface area contributed by atoms with Gasteiger partial charge in [0.25, 0.3) is 5.91 Å². The second-order valence-corrected chi connectivity index (χ2v) is 4.84. The highest BCUT2D eigenvalue weighted by molar-refractivity contribution is 6.30. The first-order valence-electron chi connectivity index (χ1n) is 6.36. The molecule has 0 heterocycles. The summed E-state index contributed by atoms with van der Waals surface area (Å²) in [5, 5.41) is 12.0. The fraction of sp³-hybridized carbons (Fsp3) is 0.429. The molecule has 0 spiro atoms. The van der Waals surface area contributed by atoms with Crippen molar-refractivity contribution in [2.45, 2.75) is 26.4 Å². The topological polar surface area (TPSA) is 75.6 Å². The van der Waals surface area contributed by atoms with Crippen molar-refractivity contribution >= 4 is 23.5 Å². The molecule has 0 radical (unpaired) electrons. The fourth-order valence-electron chi connectivity index (χ4n) is 1.57. The summed E-state index contributed by atoms with van der Waals surface area (Å²) in [6, 6.07) is 6.73. The predicted octanol–water partition coefficient (Wildman–Crippen LogP) is 2.33. The number of benzene rings is 1. The lowest BCUT2D eigenvalue weighted by molar-refractivity contribution is -0.141. The molecule has 1 aromatic rings. The summed E-state index contributed by atoms with van der Waals surface area (Å²) in [5.41, 5.74) is 0. The average Bonchev–Trinajstić information content (AvgIpc) is 2.38. The van der Waals surface area contributed by atoms with Crippen molar-refractivity contribution in [3.63, 3.8) is 0 Å². The summed E-state index contributed by atoms with van der Waals surface area (Å²) in [5.74, 6) is -1.37. The zero-order valence-electron chi connectivity index (χ0n) is 11.4. The van der Waals surface area contributed by atoms with Crippen LogP contribution in [0.15, 0.2) is 24.3 Å². The van der Waals surface area contributed by atoms with Gasteiger partial charge in [0.05, 0.1) is 5.92 Å². The second kappa shape index (κ2) is 7.75. The van der Waals surface area contributed by atoms with Crippen molar-refractivity contribution < 1.29 is 19.4 Å². The van der Waals surface area contributed by atoms with Gasteiger partial charge in [-0.15, -0.1) is 0 Å². The van der Waals surface area contributed by atoms with Crippen molar-refractivity contribution in [3.05, 3.63) is 29.3 Å². The summed E-state index contributed by atoms with van der Waals surface area (Å²) >= 11 is 5.82. The smallest absolute Gasteiger partial charge is 0.308 e. The molecule has 0 aromatic heterocycles. The molecule has 1 aromatic carbocycles. The van der Waals surface area contributed by atoms with Crippen LogP contribution < -0.4 is 10.1 Å². The number of carboxylic acid groups (broad SMARTS) is 1. The molecule has 1 amide bonds. The number of rotatable bonds is 7. The summed E-state index contributed by atoms with van der Waals surface area (Å²) in [6.45, 7) is 3.45. The number of carbonyl (C=O) groups excluding carboxylic acids is 1. The van der Waals surface area contributed by atoms with Gasteiger partial charge in [-0.1, -0.05) is 24.6 Å². The molecule has 0 aliphatic rings. The number of nitrogens with one attached hydrogen (secondary N) is 1. The average molecular weight is 300 g/mol. The number of ether oxygens (including phenoxy) is 1. The maximum absolute atomic E-state index is 11.8. The maximum Gasteiger partial charge on any atom is 0.308 e. The van der Waals surface area contributed by atoms with Gasteiger partial charge in [0.2, 0.25) is 0 Å². The molecule has 0 fully saturated rings. The Hall–Kier alpha value is -1.75. The number of halogens is 1. The Morgan fingerprint density at radius 3 is 2.70 bits per heavy atom. The van der Waals surface area contributed by atoms with E-state index in [0.717, 1.165) is 0 Å². The van der Waals surface area contributed by atoms with Crippen LogP contribution >= 0.6 is 11.6 Å². The molecule has 2 unspecified atom stereocenters. The van der Waals surface area contributed by atoms with E-state index in [1.54, 1.807) is 38.1 Å². The van der Waals surface area contributed by atoms with Crippen LogP contribution in [0.3, 0.4) is 0 Å². The molecule has 0 bridgehead atoms. The van der Waals surface area contributed by atoms with Crippen molar-refractivity contribution in [1.29, 1.82) is 0 Å². The zero-order valence-corrected chi connectivity index (χ0v) is 12.2. The van der Waals surface area contributed by atoms with Crippen LogP contribution in [0.5, 0.6) is 5.75 Å². The molecule has 0 aliphatic carbocycles. The summed E-state index contributed by atoms with van der Waals surface area (Å²) in [4.78, 5) is 22.7. The van der Waals surface area contributed by atoms with Gasteiger partial charge < -0.3 is 15.2 Å². The molecule has 0 aliphatic heterocycles. The molecule has 1 rings (SSSR count). The van der Waals surface area contributed by atoms with E-state index in [2.05, 4.69) is 5.32 Å². The van der Waals surface area contributed by atoms with E-state index in [0.29, 0.717) is 17.2 Å². The molecular weight excluding hydrogens is 282 g/mol. The molecule has 110 valence electrons. The molecule has 2 N–H and O–H groups in total. The fourth-order valence-corrected chi connectivity index (χ4v) is 1.75. The predicted molar refractivity (Wildman–Crippen MR) is 76.0 cm³/mol. The number of aliphatic carboxylic acids is 1. The lowest BCUT2D eigenvalue weighted by Crippen LogP contribution is -2.40. The van der Waals surface area contributed by atoms with Crippen LogP contribution in [0.25, 0.3) is 0 Å². The Balaban J connectivity index is 2.49. The summed E-state index contributed by atoms with van der Waals surface area (Å²) in [7, 11) is 0. The number of carbonyl (C=O) groups is 2. The monoisotopic (exact) mass is 299 g/mol. The third-order valence-corrected chi connectivity index (χ3v) is 3.08. The normalized spacial score (nSPS) is 13.3. The van der Waals surface area contributed by atoms with E-state index in [-0.39, 0.29) is 12.5 Å². The summed E-state index contributed by atoms with van der Waals surface area (Å²) < 4.78 is 5.44. The van der Waals surface area contributed by atoms with E-state index in [1.165, 1.54) is 0 Å². The van der Waals surface area contributed by atoms with Gasteiger partial charge in [0.15, 0.2) is 6.10 Å². The highest BCUT2D eigenvalue weighted by atomic mass is 35.5. The lowest BCUT2D eigenvalue weighted by atomic mass is 10.1. The van der Waals surface area contributed by atoms with Crippen molar-refractivity contribution in [3.8, 4) is 5.75 Å². The number of carboxylic acids is 1. The second-order valence-electron chi connectivity index (χ2n) is 4.41. The molecular formula is C14H18ClNO4. The third-order valence-electron chi connectivity index (χ3n) is 2.84. The minimum Gasteiger partial charge on any atom is -0.481 e. The van der Waals surface area contributed by atoms with E-state index in [4.69, 9.17) is 21.4 Å². The minimum absolute atomic E-state index is 0.0912. The van der Waals surface area contributed by atoms with Crippen LogP contribution in [0, 0.1) is 5.92 Å². The highest BCUT2D eigenvalue weighted by Crippen LogP contribution is 2.18. The minimum atomic E-state index is -0.920. The molecule has 0 saturated carbocycles. The van der Waals surface area contributed by atoms with Crippen molar-refractivity contribution in [2.75, 3.05) is 6.54 Å². The molecule has 2 atom stereocenters. The molecule has 0 saturated heterocycles. The van der Waals surface area contributed by atoms with Gasteiger partial charge in [0, 0.05) is 11.6 Å². The number of amides is 1. The van der Waals surface area contributed by atoms with E-state index in [9.17, 15) is 9.59 Å². The summed E-state index contributed by atoms with van der Waals surface area (Å²) in [6.07, 6.45) is -0.265. The van der Waals surface area contributed by atoms with E-state index >= 15 is 0 Å². The Morgan fingerprint density at radius 2 is 2.15 bits per heavy atom. The Bertz CT molecular complexity index is 478. The Kier molecular flexibility index (Phi) is 6.31. The number of hydrogen-bond acceptors (Lipinski definition) is 3. The van der Waals surface area contributed by atoms with Gasteiger partial charge >= 0.3 is 5.97 Å². The first kappa shape index (κ1) is 16.3. The van der Waals surface area contributed by atoms with Crippen LogP contribution in [0.4, 0.5) is 0 Å². The highest BCUT2D eigenvalue weighted by Gasteiger charge is 2.19. The van der Waals surface area contributed by atoms with Crippen LogP contribution in [0.2, 0.25) is 5.02 Å². The standard InChI is InChI=1S/C14H18ClNO4/c1-3-10(14(18)19)8-16-13(17)9(2)20-12-6-4-5-11(15)7-12/h4-7,9-10H,3,8H2,1-2H3,(H,16,17)(H,18,19).